The Morgan fingerprint density at radius 2 is 2.25 bits per heavy atom. The van der Waals surface area contributed by atoms with Gasteiger partial charge in [-0.3, -0.25) is 10.3 Å². The van der Waals surface area contributed by atoms with Crippen molar-refractivity contribution in [1.82, 2.24) is 10.3 Å². The molecule has 5 nitrogen and oxygen atoms in total. The van der Waals surface area contributed by atoms with Crippen LogP contribution in [0.15, 0.2) is 24.5 Å². The molecule has 0 fully saturated rings. The van der Waals surface area contributed by atoms with Gasteiger partial charge in [-0.25, -0.2) is 4.79 Å². The average molecular weight is 224 g/mol. The molecule has 1 aromatic heterocycles. The van der Waals surface area contributed by atoms with Gasteiger partial charge in [-0.1, -0.05) is 0 Å². The van der Waals surface area contributed by atoms with Crippen molar-refractivity contribution >= 4 is 6.09 Å². The fourth-order valence-electron chi connectivity index (χ4n) is 0.925. The van der Waals surface area contributed by atoms with Gasteiger partial charge in [-0.05, 0) is 32.9 Å². The van der Waals surface area contributed by atoms with Crippen LogP contribution in [-0.4, -0.2) is 23.4 Å². The average Bonchev–Trinajstić information content (AvgIpc) is 2.16. The molecule has 0 aliphatic rings. The number of alkyl carbamates (subject to hydrolysis) is 1. The Labute approximate surface area is 94.8 Å². The summed E-state index contributed by atoms with van der Waals surface area (Å²) in [6.45, 7) is 5.46. The van der Waals surface area contributed by atoms with Crippen LogP contribution < -0.4 is 10.1 Å². The maximum Gasteiger partial charge on any atom is 0.410 e. The maximum atomic E-state index is 11.2. The molecule has 88 valence electrons. The van der Waals surface area contributed by atoms with Gasteiger partial charge in [0.2, 0.25) is 0 Å². The number of hydrogen-bond donors (Lipinski definition) is 1. The van der Waals surface area contributed by atoms with Gasteiger partial charge in [0.15, 0.2) is 6.73 Å². The fourth-order valence-corrected chi connectivity index (χ4v) is 0.925. The lowest BCUT2D eigenvalue weighted by atomic mass is 10.2. The van der Waals surface area contributed by atoms with Gasteiger partial charge < -0.3 is 9.47 Å². The predicted octanol–water partition coefficient (Wildman–Crippen LogP) is 1.94. The summed E-state index contributed by atoms with van der Waals surface area (Å²) >= 11 is 0. The number of amides is 1. The smallest absolute Gasteiger partial charge is 0.410 e. The van der Waals surface area contributed by atoms with E-state index in [1.54, 1.807) is 45.3 Å². The van der Waals surface area contributed by atoms with Gasteiger partial charge in [0.25, 0.3) is 0 Å². The minimum Gasteiger partial charge on any atom is -0.472 e. The quantitative estimate of drug-likeness (QED) is 0.797. The van der Waals surface area contributed by atoms with Gasteiger partial charge in [-0.2, -0.15) is 0 Å². The molecule has 5 heteroatoms. The van der Waals surface area contributed by atoms with Crippen LogP contribution in [-0.2, 0) is 4.74 Å². The zero-order valence-electron chi connectivity index (χ0n) is 9.69. The van der Waals surface area contributed by atoms with Crippen molar-refractivity contribution in [3.8, 4) is 5.75 Å². The van der Waals surface area contributed by atoms with Crippen molar-refractivity contribution in [3.05, 3.63) is 24.5 Å². The number of ether oxygens (including phenoxy) is 2. The molecule has 1 amide bonds. The highest BCUT2D eigenvalue weighted by molar-refractivity contribution is 5.67. The number of hydrogen-bond acceptors (Lipinski definition) is 4. The zero-order chi connectivity index (χ0) is 12.0. The second-order valence-electron chi connectivity index (χ2n) is 4.16. The first-order chi connectivity index (χ1) is 7.47. The van der Waals surface area contributed by atoms with Crippen LogP contribution >= 0.6 is 0 Å². The summed E-state index contributed by atoms with van der Waals surface area (Å²) in [4.78, 5) is 15.1. The Kier molecular flexibility index (Phi) is 4.10. The van der Waals surface area contributed by atoms with Crippen molar-refractivity contribution < 1.29 is 14.3 Å². The molecule has 0 atom stereocenters. The van der Waals surface area contributed by atoms with E-state index in [2.05, 4.69) is 10.3 Å². The SMILES string of the molecule is CC(C)(C)OC(=O)NCOc1cccnc1. The summed E-state index contributed by atoms with van der Waals surface area (Å²) < 4.78 is 10.2. The highest BCUT2D eigenvalue weighted by Crippen LogP contribution is 2.07. The number of aromatic nitrogens is 1. The molecule has 0 aromatic carbocycles. The van der Waals surface area contributed by atoms with Crippen molar-refractivity contribution in [3.63, 3.8) is 0 Å². The van der Waals surface area contributed by atoms with E-state index in [-0.39, 0.29) is 6.73 Å². The van der Waals surface area contributed by atoms with E-state index in [1.807, 2.05) is 0 Å². The van der Waals surface area contributed by atoms with Crippen LogP contribution in [0.25, 0.3) is 0 Å². The largest absolute Gasteiger partial charge is 0.472 e. The monoisotopic (exact) mass is 224 g/mol. The number of pyridine rings is 1. The fraction of sp³-hybridized carbons (Fsp3) is 0.455. The van der Waals surface area contributed by atoms with Crippen LogP contribution in [0.2, 0.25) is 0 Å². The molecular formula is C11H16N2O3. The predicted molar refractivity (Wildman–Crippen MR) is 59.1 cm³/mol. The molecule has 1 heterocycles. The number of carbonyl (C=O) groups is 1. The Morgan fingerprint density at radius 3 is 2.81 bits per heavy atom. The normalized spacial score (nSPS) is 10.7. The van der Waals surface area contributed by atoms with Crippen LogP contribution in [0.1, 0.15) is 20.8 Å². The minimum atomic E-state index is -0.503. The molecule has 0 spiro atoms. The second kappa shape index (κ2) is 5.34. The molecule has 0 aliphatic carbocycles. The summed E-state index contributed by atoms with van der Waals surface area (Å²) in [5.41, 5.74) is -0.502. The number of carbonyl (C=O) groups excluding carboxylic acids is 1. The van der Waals surface area contributed by atoms with E-state index in [9.17, 15) is 4.79 Å². The van der Waals surface area contributed by atoms with Crippen LogP contribution in [0.4, 0.5) is 4.79 Å². The summed E-state index contributed by atoms with van der Waals surface area (Å²) in [6, 6.07) is 3.51. The molecule has 0 radical (unpaired) electrons. The summed E-state index contributed by atoms with van der Waals surface area (Å²) in [7, 11) is 0. The Bertz CT molecular complexity index is 333. The first-order valence-corrected chi connectivity index (χ1v) is 4.97. The third-order valence-corrected chi connectivity index (χ3v) is 1.49. The Balaban J connectivity index is 2.24. The number of nitrogens with zero attached hydrogens (tertiary/aromatic N) is 1. The first-order valence-electron chi connectivity index (χ1n) is 4.97. The molecule has 0 unspecified atom stereocenters. The third kappa shape index (κ3) is 5.19. The molecular weight excluding hydrogens is 208 g/mol. The topological polar surface area (TPSA) is 60.5 Å². The van der Waals surface area contributed by atoms with Crippen LogP contribution in [0.5, 0.6) is 5.75 Å². The van der Waals surface area contributed by atoms with Crippen molar-refractivity contribution in [2.24, 2.45) is 0 Å². The standard InChI is InChI=1S/C11H16N2O3/c1-11(2,3)16-10(14)13-8-15-9-5-4-6-12-7-9/h4-7H,8H2,1-3H3,(H,13,14). The lowest BCUT2D eigenvalue weighted by Crippen LogP contribution is -2.34. The summed E-state index contributed by atoms with van der Waals surface area (Å²) in [5.74, 6) is 0.596. The van der Waals surface area contributed by atoms with Gasteiger partial charge in [-0.15, -0.1) is 0 Å². The molecule has 0 saturated heterocycles. The summed E-state index contributed by atoms with van der Waals surface area (Å²) in [5, 5.41) is 2.48. The highest BCUT2D eigenvalue weighted by Gasteiger charge is 2.15. The van der Waals surface area contributed by atoms with Gasteiger partial charge in [0.05, 0.1) is 6.20 Å². The highest BCUT2D eigenvalue weighted by atomic mass is 16.6. The van der Waals surface area contributed by atoms with E-state index >= 15 is 0 Å². The third-order valence-electron chi connectivity index (χ3n) is 1.49. The van der Waals surface area contributed by atoms with E-state index in [1.165, 1.54) is 0 Å². The van der Waals surface area contributed by atoms with E-state index < -0.39 is 11.7 Å². The Morgan fingerprint density at radius 1 is 1.50 bits per heavy atom. The van der Waals surface area contributed by atoms with Crippen LogP contribution in [0.3, 0.4) is 0 Å². The van der Waals surface area contributed by atoms with Crippen molar-refractivity contribution in [2.45, 2.75) is 26.4 Å². The van der Waals surface area contributed by atoms with Gasteiger partial charge in [0, 0.05) is 6.20 Å². The molecule has 1 rings (SSSR count). The van der Waals surface area contributed by atoms with E-state index in [4.69, 9.17) is 9.47 Å². The molecule has 16 heavy (non-hydrogen) atoms. The summed E-state index contributed by atoms with van der Waals surface area (Å²) in [6.07, 6.45) is 2.71. The van der Waals surface area contributed by atoms with Crippen molar-refractivity contribution in [1.29, 1.82) is 0 Å². The first kappa shape index (κ1) is 12.3. The second-order valence-corrected chi connectivity index (χ2v) is 4.16. The zero-order valence-corrected chi connectivity index (χ0v) is 9.69. The minimum absolute atomic E-state index is 0.0562. The lowest BCUT2D eigenvalue weighted by molar-refractivity contribution is 0.0485. The maximum absolute atomic E-state index is 11.2. The molecule has 1 N–H and O–H groups in total. The van der Waals surface area contributed by atoms with Gasteiger partial charge in [0.1, 0.15) is 11.4 Å². The molecule has 1 aromatic rings. The molecule has 0 saturated carbocycles. The van der Waals surface area contributed by atoms with E-state index in [0.717, 1.165) is 0 Å². The van der Waals surface area contributed by atoms with Gasteiger partial charge >= 0.3 is 6.09 Å². The Hall–Kier alpha value is -1.78. The number of rotatable bonds is 3. The molecule has 0 aliphatic heterocycles. The van der Waals surface area contributed by atoms with Crippen LogP contribution in [0, 0.1) is 0 Å². The molecule has 0 bridgehead atoms. The lowest BCUT2D eigenvalue weighted by Gasteiger charge is -2.19. The van der Waals surface area contributed by atoms with Crippen molar-refractivity contribution in [2.75, 3.05) is 6.73 Å². The number of nitrogens with one attached hydrogen (secondary N) is 1. The van der Waals surface area contributed by atoms with E-state index in [0.29, 0.717) is 5.75 Å².